The molecule has 5 rings (SSSR count). The summed E-state index contributed by atoms with van der Waals surface area (Å²) in [5, 5.41) is 20.6. The van der Waals surface area contributed by atoms with E-state index in [1.807, 2.05) is 0 Å². The summed E-state index contributed by atoms with van der Waals surface area (Å²) in [6.45, 7) is 0. The lowest BCUT2D eigenvalue weighted by Crippen LogP contribution is -2.74. The lowest BCUT2D eigenvalue weighted by molar-refractivity contribution is -0.255. The monoisotopic (exact) mass is 311 g/mol. The normalized spacial score (nSPS) is 42.4. The number of benzene rings is 1. The third kappa shape index (κ3) is 1.82. The van der Waals surface area contributed by atoms with Crippen molar-refractivity contribution >= 4 is 10.0 Å². The molecule has 1 aromatic carbocycles. The van der Waals surface area contributed by atoms with Gasteiger partial charge in [-0.05, 0) is 25.0 Å². The molecule has 0 spiro atoms. The summed E-state index contributed by atoms with van der Waals surface area (Å²) in [4.78, 5) is 0.192. The smallest absolute Gasteiger partial charge is 0.243 e. The van der Waals surface area contributed by atoms with Crippen LogP contribution in [-0.4, -0.2) is 59.4 Å². The predicted octanol–water partition coefficient (Wildman–Crippen LogP) is -0.289. The van der Waals surface area contributed by atoms with E-state index in [2.05, 4.69) is 0 Å². The fraction of sp³-hybridized carbons (Fsp3) is 0.571. The van der Waals surface area contributed by atoms with Crippen LogP contribution >= 0.6 is 0 Å². The number of hydrogen-bond donors (Lipinski definition) is 2. The van der Waals surface area contributed by atoms with Crippen molar-refractivity contribution in [2.24, 2.45) is 0 Å². The van der Waals surface area contributed by atoms with Gasteiger partial charge in [0.15, 0.2) is 0 Å². The molecular weight excluding hydrogens is 294 g/mol. The van der Waals surface area contributed by atoms with Gasteiger partial charge in [-0.2, -0.15) is 4.31 Å². The zero-order valence-corrected chi connectivity index (χ0v) is 12.1. The van der Waals surface area contributed by atoms with Gasteiger partial charge in [0, 0.05) is 0 Å². The fourth-order valence-electron chi connectivity index (χ4n) is 3.85. The summed E-state index contributed by atoms with van der Waals surface area (Å²) >= 11 is 0. The first-order valence-electron chi connectivity index (χ1n) is 7.10. The minimum atomic E-state index is -3.73. The molecule has 1 aromatic rings. The van der Waals surface area contributed by atoms with Crippen molar-refractivity contribution in [3.63, 3.8) is 0 Å². The Bertz CT molecular complexity index is 627. The van der Waals surface area contributed by atoms with Crippen LogP contribution in [0.15, 0.2) is 35.2 Å². The average Bonchev–Trinajstić information content (AvgIpc) is 2.46. The van der Waals surface area contributed by atoms with E-state index < -0.39 is 34.3 Å². The van der Waals surface area contributed by atoms with E-state index >= 15 is 0 Å². The van der Waals surface area contributed by atoms with Gasteiger partial charge in [0.05, 0.1) is 41.4 Å². The largest absolute Gasteiger partial charge is 0.389 e. The average molecular weight is 311 g/mol. The van der Waals surface area contributed by atoms with Crippen molar-refractivity contribution in [2.75, 3.05) is 0 Å². The second kappa shape index (κ2) is 4.50. The molecule has 2 N–H and O–H groups in total. The van der Waals surface area contributed by atoms with Crippen molar-refractivity contribution < 1.29 is 23.4 Å². The van der Waals surface area contributed by atoms with Gasteiger partial charge in [-0.15, -0.1) is 0 Å². The highest BCUT2D eigenvalue weighted by atomic mass is 32.2. The van der Waals surface area contributed by atoms with E-state index in [1.165, 1.54) is 16.4 Å². The zero-order chi connectivity index (χ0) is 14.8. The Hall–Kier alpha value is -0.990. The SMILES string of the molecule is O=S(=O)(c1ccccc1)N1C2CC3OC(CC1C3O)C2O. The zero-order valence-electron chi connectivity index (χ0n) is 11.2. The highest BCUT2D eigenvalue weighted by Crippen LogP contribution is 2.45. The topological polar surface area (TPSA) is 87.1 Å². The second-order valence-corrected chi connectivity index (χ2v) is 7.79. The lowest BCUT2D eigenvalue weighted by atomic mass is 9.76. The molecule has 0 aliphatic carbocycles. The number of aliphatic hydroxyl groups is 2. The van der Waals surface area contributed by atoms with Crippen LogP contribution < -0.4 is 0 Å². The Morgan fingerprint density at radius 3 is 2.05 bits per heavy atom. The van der Waals surface area contributed by atoms with Gasteiger partial charge in [0.1, 0.15) is 0 Å². The highest BCUT2D eigenvalue weighted by Gasteiger charge is 2.60. The summed E-state index contributed by atoms with van der Waals surface area (Å²) in [7, 11) is -3.73. The molecule has 6 nitrogen and oxygen atoms in total. The maximum Gasteiger partial charge on any atom is 0.243 e. The van der Waals surface area contributed by atoms with E-state index in [4.69, 9.17) is 4.74 Å². The molecule has 4 heterocycles. The quantitative estimate of drug-likeness (QED) is 0.784. The van der Waals surface area contributed by atoms with Crippen molar-refractivity contribution in [3.05, 3.63) is 30.3 Å². The number of rotatable bonds is 2. The Morgan fingerprint density at radius 2 is 1.52 bits per heavy atom. The van der Waals surface area contributed by atoms with Crippen molar-refractivity contribution in [1.82, 2.24) is 4.31 Å². The summed E-state index contributed by atoms with van der Waals surface area (Å²) in [6, 6.07) is 7.14. The van der Waals surface area contributed by atoms with E-state index in [9.17, 15) is 18.6 Å². The van der Waals surface area contributed by atoms with E-state index in [0.717, 1.165) is 0 Å². The summed E-state index contributed by atoms with van der Waals surface area (Å²) in [6.07, 6.45) is -1.73. The second-order valence-electron chi connectivity index (χ2n) is 5.95. The first-order chi connectivity index (χ1) is 10.00. The maximum atomic E-state index is 12.9. The van der Waals surface area contributed by atoms with Gasteiger partial charge < -0.3 is 14.9 Å². The van der Waals surface area contributed by atoms with Crippen LogP contribution in [0.4, 0.5) is 0 Å². The van der Waals surface area contributed by atoms with Gasteiger partial charge in [-0.25, -0.2) is 8.42 Å². The number of aliphatic hydroxyl groups excluding tert-OH is 2. The Balaban J connectivity index is 1.78. The molecule has 6 atom stereocenters. The molecule has 4 bridgehead atoms. The molecule has 4 fully saturated rings. The number of sulfonamides is 1. The molecule has 4 aliphatic heterocycles. The molecule has 0 amide bonds. The molecule has 21 heavy (non-hydrogen) atoms. The Labute approximate surface area is 123 Å². The van der Waals surface area contributed by atoms with Gasteiger partial charge in [0.2, 0.25) is 10.0 Å². The number of ether oxygens (including phenoxy) is 1. The molecule has 0 aromatic heterocycles. The summed E-state index contributed by atoms with van der Waals surface area (Å²) in [5.41, 5.74) is 0. The van der Waals surface area contributed by atoms with Crippen LogP contribution in [-0.2, 0) is 14.8 Å². The highest BCUT2D eigenvalue weighted by molar-refractivity contribution is 7.89. The molecule has 114 valence electrons. The van der Waals surface area contributed by atoms with Gasteiger partial charge in [-0.1, -0.05) is 18.2 Å². The van der Waals surface area contributed by atoms with Crippen LogP contribution in [0.1, 0.15) is 12.8 Å². The van der Waals surface area contributed by atoms with Gasteiger partial charge >= 0.3 is 0 Å². The standard InChI is InChI=1S/C14H17NO5S/c16-13-9-6-11-14(17)10(7-12(13)20-11)15(9)21(18,19)8-4-2-1-3-5-8/h1-5,9-14,16-17H,6-7H2. The molecule has 0 radical (unpaired) electrons. The maximum absolute atomic E-state index is 12.9. The summed E-state index contributed by atoms with van der Waals surface area (Å²) in [5.74, 6) is 0. The van der Waals surface area contributed by atoms with Crippen molar-refractivity contribution in [2.45, 2.75) is 54.2 Å². The van der Waals surface area contributed by atoms with E-state index in [1.54, 1.807) is 18.2 Å². The van der Waals surface area contributed by atoms with Gasteiger partial charge in [0.25, 0.3) is 0 Å². The van der Waals surface area contributed by atoms with E-state index in [-0.39, 0.29) is 17.1 Å². The third-order valence-corrected chi connectivity index (χ3v) is 6.78. The van der Waals surface area contributed by atoms with Crippen LogP contribution in [0.2, 0.25) is 0 Å². The molecule has 0 saturated carbocycles. The minimum absolute atomic E-state index is 0.192. The van der Waals surface area contributed by atoms with Crippen LogP contribution in [0.5, 0.6) is 0 Å². The number of nitrogens with zero attached hydrogens (tertiary/aromatic N) is 1. The predicted molar refractivity (Wildman–Crippen MR) is 73.0 cm³/mol. The lowest BCUT2D eigenvalue weighted by Gasteiger charge is -2.59. The first-order valence-corrected chi connectivity index (χ1v) is 8.54. The Morgan fingerprint density at radius 1 is 1.00 bits per heavy atom. The minimum Gasteiger partial charge on any atom is -0.389 e. The molecule has 6 unspecified atom stereocenters. The number of hydrogen-bond acceptors (Lipinski definition) is 5. The fourth-order valence-corrected chi connectivity index (χ4v) is 5.73. The Kier molecular flexibility index (Phi) is 2.93. The number of piperidine rings is 2. The van der Waals surface area contributed by atoms with Crippen molar-refractivity contribution in [3.8, 4) is 0 Å². The van der Waals surface area contributed by atoms with Crippen LogP contribution in [0, 0.1) is 0 Å². The first kappa shape index (κ1) is 13.7. The van der Waals surface area contributed by atoms with E-state index in [0.29, 0.717) is 12.8 Å². The summed E-state index contributed by atoms with van der Waals surface area (Å²) < 4.78 is 32.7. The van der Waals surface area contributed by atoms with Gasteiger partial charge in [-0.3, -0.25) is 0 Å². The molecular formula is C14H17NO5S. The molecule has 7 heteroatoms. The third-order valence-electron chi connectivity index (χ3n) is 4.82. The molecule has 4 saturated heterocycles. The molecule has 4 aliphatic rings. The van der Waals surface area contributed by atoms with Crippen LogP contribution in [0.25, 0.3) is 0 Å². The van der Waals surface area contributed by atoms with Crippen LogP contribution in [0.3, 0.4) is 0 Å². The van der Waals surface area contributed by atoms with Crippen molar-refractivity contribution in [1.29, 1.82) is 0 Å².